The van der Waals surface area contributed by atoms with Gasteiger partial charge in [0.05, 0.1) is 26.4 Å². The summed E-state index contributed by atoms with van der Waals surface area (Å²) in [7, 11) is 2.56. The summed E-state index contributed by atoms with van der Waals surface area (Å²) in [6.07, 6.45) is 4.00. The van der Waals surface area contributed by atoms with Gasteiger partial charge in [0, 0.05) is 6.42 Å². The molecule has 2 aliphatic heterocycles. The second-order valence-corrected chi connectivity index (χ2v) is 9.72. The predicted molar refractivity (Wildman–Crippen MR) is 118 cm³/mol. The van der Waals surface area contributed by atoms with E-state index in [2.05, 4.69) is 38.1 Å². The summed E-state index contributed by atoms with van der Waals surface area (Å²) < 4.78 is 16.3. The Kier molecular flexibility index (Phi) is 7.38. The van der Waals surface area contributed by atoms with Gasteiger partial charge in [0.25, 0.3) is 0 Å². The third kappa shape index (κ3) is 4.80. The van der Waals surface area contributed by atoms with Crippen LogP contribution in [-0.2, 0) is 38.9 Å². The van der Waals surface area contributed by atoms with Gasteiger partial charge < -0.3 is 14.2 Å². The molecule has 3 aliphatic rings. The SMILES string of the molecule is COC(=O)[C@@H]1[C@@H](C(=O)OC)ON2O[C@@H](O[C@H]3CCCC[C@@H]3C(C)(C)c3ccccc3)CC[C@H]12. The molecule has 0 unspecified atom stereocenters. The lowest BCUT2D eigenvalue weighted by molar-refractivity contribution is -0.439. The highest BCUT2D eigenvalue weighted by Gasteiger charge is 2.55. The fourth-order valence-electron chi connectivity index (χ4n) is 5.63. The summed E-state index contributed by atoms with van der Waals surface area (Å²) in [6, 6.07) is 10.2. The minimum atomic E-state index is -1.09. The molecule has 3 fully saturated rings. The van der Waals surface area contributed by atoms with Gasteiger partial charge in [-0.2, -0.15) is 0 Å². The zero-order valence-corrected chi connectivity index (χ0v) is 19.9. The number of carbonyl (C=O) groups excluding carboxylic acids is 2. The first-order valence-corrected chi connectivity index (χ1v) is 11.9. The van der Waals surface area contributed by atoms with E-state index in [0.29, 0.717) is 18.8 Å². The average Bonchev–Trinajstić information content (AvgIpc) is 3.22. The number of rotatable bonds is 6. The molecule has 6 atom stereocenters. The molecule has 1 aromatic carbocycles. The number of ether oxygens (including phenoxy) is 3. The maximum Gasteiger partial charge on any atom is 0.338 e. The molecular weight excluding hydrogens is 426 g/mol. The van der Waals surface area contributed by atoms with Crippen molar-refractivity contribution in [1.29, 1.82) is 0 Å². The molecule has 0 N–H and O–H groups in total. The monoisotopic (exact) mass is 461 g/mol. The first-order valence-electron chi connectivity index (χ1n) is 11.9. The van der Waals surface area contributed by atoms with Crippen molar-refractivity contribution in [1.82, 2.24) is 5.23 Å². The number of fused-ring (bicyclic) bond motifs is 1. The molecule has 2 saturated heterocycles. The molecule has 0 spiro atoms. The Balaban J connectivity index is 1.46. The molecule has 1 aromatic rings. The van der Waals surface area contributed by atoms with Crippen LogP contribution in [0.5, 0.6) is 0 Å². The quantitative estimate of drug-likeness (QED) is 0.595. The Hall–Kier alpha value is -2.00. The summed E-state index contributed by atoms with van der Waals surface area (Å²) in [5, 5.41) is 1.26. The largest absolute Gasteiger partial charge is 0.469 e. The Morgan fingerprint density at radius 1 is 0.939 bits per heavy atom. The van der Waals surface area contributed by atoms with E-state index >= 15 is 0 Å². The van der Waals surface area contributed by atoms with Crippen molar-refractivity contribution < 1.29 is 33.5 Å². The number of esters is 2. The zero-order valence-electron chi connectivity index (χ0n) is 19.9. The van der Waals surface area contributed by atoms with E-state index < -0.39 is 36.3 Å². The van der Waals surface area contributed by atoms with Gasteiger partial charge in [-0.3, -0.25) is 9.63 Å². The van der Waals surface area contributed by atoms with Gasteiger partial charge in [0.1, 0.15) is 5.92 Å². The second-order valence-electron chi connectivity index (χ2n) is 9.72. The number of hydrogen-bond acceptors (Lipinski definition) is 8. The van der Waals surface area contributed by atoms with Crippen molar-refractivity contribution in [2.75, 3.05) is 14.2 Å². The third-order valence-corrected chi connectivity index (χ3v) is 7.53. The predicted octanol–water partition coefficient (Wildman–Crippen LogP) is 3.54. The fourth-order valence-corrected chi connectivity index (χ4v) is 5.63. The van der Waals surface area contributed by atoms with E-state index in [1.54, 1.807) is 0 Å². The van der Waals surface area contributed by atoms with Crippen LogP contribution in [0, 0.1) is 11.8 Å². The molecule has 1 saturated carbocycles. The van der Waals surface area contributed by atoms with Crippen LogP contribution in [0.1, 0.15) is 57.9 Å². The zero-order chi connectivity index (χ0) is 23.6. The number of carbonyl (C=O) groups is 2. The standard InChI is InChI=1S/C25H35NO7/c1-25(2,16-10-6-5-7-11-16)17-12-8-9-13-19(17)31-20-15-14-18-21(23(27)29-3)22(24(28)30-4)33-26(18)32-20/h5-7,10-11,17-22H,8-9,12-15H2,1-4H3/t17-,18+,19-,20+,21-,22-/m0/s1. The van der Waals surface area contributed by atoms with Crippen molar-refractivity contribution >= 4 is 11.9 Å². The van der Waals surface area contributed by atoms with Crippen LogP contribution in [0.3, 0.4) is 0 Å². The number of benzene rings is 1. The summed E-state index contributed by atoms with van der Waals surface area (Å²) in [4.78, 5) is 36.3. The molecule has 8 nitrogen and oxygen atoms in total. The van der Waals surface area contributed by atoms with E-state index in [4.69, 9.17) is 23.9 Å². The Bertz CT molecular complexity index is 829. The molecule has 2 heterocycles. The highest BCUT2D eigenvalue weighted by Crippen LogP contribution is 2.44. The molecule has 1 aliphatic carbocycles. The fraction of sp³-hybridized carbons (Fsp3) is 0.680. The molecule has 0 amide bonds. The maximum absolute atomic E-state index is 12.4. The van der Waals surface area contributed by atoms with Gasteiger partial charge >= 0.3 is 11.9 Å². The first-order chi connectivity index (χ1) is 15.9. The highest BCUT2D eigenvalue weighted by atomic mass is 17.0. The van der Waals surface area contributed by atoms with E-state index in [1.165, 1.54) is 31.4 Å². The summed E-state index contributed by atoms with van der Waals surface area (Å²) in [5.74, 6) is -1.60. The van der Waals surface area contributed by atoms with Crippen LogP contribution in [0.4, 0.5) is 0 Å². The van der Waals surface area contributed by atoms with Crippen molar-refractivity contribution in [2.24, 2.45) is 11.8 Å². The van der Waals surface area contributed by atoms with Crippen LogP contribution in [0.2, 0.25) is 0 Å². The van der Waals surface area contributed by atoms with Crippen LogP contribution < -0.4 is 0 Å². The lowest BCUT2D eigenvalue weighted by Gasteiger charge is -2.44. The second kappa shape index (κ2) is 10.1. The van der Waals surface area contributed by atoms with Gasteiger partial charge in [-0.05, 0) is 36.2 Å². The topological polar surface area (TPSA) is 83.5 Å². The minimum absolute atomic E-state index is 0.0420. The molecule has 0 aromatic heterocycles. The van der Waals surface area contributed by atoms with Crippen molar-refractivity contribution in [3.63, 3.8) is 0 Å². The summed E-state index contributed by atoms with van der Waals surface area (Å²) >= 11 is 0. The van der Waals surface area contributed by atoms with E-state index in [-0.39, 0.29) is 11.5 Å². The van der Waals surface area contributed by atoms with Gasteiger partial charge in [-0.25, -0.2) is 9.63 Å². The van der Waals surface area contributed by atoms with Gasteiger partial charge in [-0.15, -0.1) is 0 Å². The number of nitrogens with zero attached hydrogens (tertiary/aromatic N) is 1. The Morgan fingerprint density at radius 2 is 1.64 bits per heavy atom. The number of methoxy groups -OCH3 is 2. The van der Waals surface area contributed by atoms with E-state index in [0.717, 1.165) is 19.3 Å². The van der Waals surface area contributed by atoms with Crippen LogP contribution >= 0.6 is 0 Å². The summed E-state index contributed by atoms with van der Waals surface area (Å²) in [5.41, 5.74) is 1.26. The highest BCUT2D eigenvalue weighted by molar-refractivity contribution is 5.84. The molecule has 33 heavy (non-hydrogen) atoms. The first kappa shape index (κ1) is 24.1. The number of hydroxylamine groups is 2. The van der Waals surface area contributed by atoms with Crippen molar-refractivity contribution in [2.45, 2.75) is 82.3 Å². The Labute approximate surface area is 195 Å². The third-order valence-electron chi connectivity index (χ3n) is 7.53. The van der Waals surface area contributed by atoms with Gasteiger partial charge in [0.2, 0.25) is 0 Å². The molecule has 0 bridgehead atoms. The lowest BCUT2D eigenvalue weighted by atomic mass is 9.66. The molecule has 0 radical (unpaired) electrons. The smallest absolute Gasteiger partial charge is 0.338 e. The van der Waals surface area contributed by atoms with Crippen LogP contribution in [0.15, 0.2) is 30.3 Å². The van der Waals surface area contributed by atoms with E-state index in [9.17, 15) is 9.59 Å². The Morgan fingerprint density at radius 3 is 2.33 bits per heavy atom. The minimum Gasteiger partial charge on any atom is -0.469 e. The molecule has 182 valence electrons. The summed E-state index contributed by atoms with van der Waals surface area (Å²) in [6.45, 7) is 4.58. The van der Waals surface area contributed by atoms with Gasteiger partial charge in [0.15, 0.2) is 12.4 Å². The molecular formula is C25H35NO7. The van der Waals surface area contributed by atoms with Crippen molar-refractivity contribution in [3.05, 3.63) is 35.9 Å². The van der Waals surface area contributed by atoms with Gasteiger partial charge in [-0.1, -0.05) is 62.2 Å². The van der Waals surface area contributed by atoms with Crippen LogP contribution in [-0.4, -0.2) is 55.9 Å². The van der Waals surface area contributed by atoms with E-state index in [1.807, 2.05) is 6.07 Å². The maximum atomic E-state index is 12.4. The average molecular weight is 462 g/mol. The normalized spacial score (nSPS) is 32.7. The molecule has 8 heteroatoms. The lowest BCUT2D eigenvalue weighted by Crippen LogP contribution is -2.48. The van der Waals surface area contributed by atoms with Crippen molar-refractivity contribution in [3.8, 4) is 0 Å². The van der Waals surface area contributed by atoms with Crippen LogP contribution in [0.25, 0.3) is 0 Å². The number of hydrogen-bond donors (Lipinski definition) is 0. The molecule has 4 rings (SSSR count).